The van der Waals surface area contributed by atoms with E-state index in [2.05, 4.69) is 71.9 Å². The van der Waals surface area contributed by atoms with Crippen molar-refractivity contribution >= 4 is 22.6 Å². The van der Waals surface area contributed by atoms with E-state index in [1.165, 1.54) is 37.7 Å². The summed E-state index contributed by atoms with van der Waals surface area (Å²) < 4.78 is 18.3. The minimum atomic E-state index is -1.72. The minimum absolute atomic E-state index is 0.0535. The number of fused-ring (bicyclic) bond motifs is 1. The number of carbonyl (C=O) groups is 1. The van der Waals surface area contributed by atoms with Gasteiger partial charge in [-0.3, -0.25) is 4.79 Å². The Balaban J connectivity index is 1.70. The normalized spacial score (nSPS) is 32.5. The summed E-state index contributed by atoms with van der Waals surface area (Å²) in [5.41, 5.74) is 3.42. The molecule has 0 bridgehead atoms. The van der Waals surface area contributed by atoms with Crippen LogP contribution in [-0.4, -0.2) is 52.1 Å². The Kier molecular flexibility index (Phi) is 12.4. The topological polar surface area (TPSA) is 65.0 Å². The van der Waals surface area contributed by atoms with E-state index in [9.17, 15) is 9.90 Å². The highest BCUT2D eigenvalue weighted by Crippen LogP contribution is 2.60. The SMILES string of the molecule is C=C1/C(=C\C=C2CCC[C@@]3(C)C2CC[C@@H]3[C@H](C)CCC[C@](C)(O)CC(=O)OCC)C[C@@H](O[Si](C)(C)C)C[C@H]1O[Si](C)(C)C. The molecule has 0 radical (unpaired) electrons. The van der Waals surface area contributed by atoms with Crippen molar-refractivity contribution in [2.75, 3.05) is 6.61 Å². The number of carbonyl (C=O) groups excluding carboxylic acids is 1. The predicted octanol–water partition coefficient (Wildman–Crippen LogP) is 9.36. The Morgan fingerprint density at radius 1 is 1.14 bits per heavy atom. The molecule has 3 rings (SSSR count). The van der Waals surface area contributed by atoms with E-state index in [0.29, 0.717) is 36.2 Å². The van der Waals surface area contributed by atoms with Gasteiger partial charge in [0.1, 0.15) is 0 Å². The maximum atomic E-state index is 11.9. The van der Waals surface area contributed by atoms with Crippen molar-refractivity contribution in [3.05, 3.63) is 35.5 Å². The van der Waals surface area contributed by atoms with Crippen molar-refractivity contribution in [1.82, 2.24) is 0 Å². The Morgan fingerprint density at radius 2 is 1.81 bits per heavy atom. The number of hydrogen-bond acceptors (Lipinski definition) is 5. The molecule has 0 aromatic heterocycles. The third-order valence-corrected chi connectivity index (χ3v) is 12.2. The van der Waals surface area contributed by atoms with E-state index in [4.69, 9.17) is 13.6 Å². The summed E-state index contributed by atoms with van der Waals surface area (Å²) in [5, 5.41) is 10.8. The lowest BCUT2D eigenvalue weighted by Crippen LogP contribution is -2.42. The molecule has 0 aromatic rings. The van der Waals surface area contributed by atoms with Crippen molar-refractivity contribution in [2.45, 2.75) is 155 Å². The Bertz CT molecular complexity index is 1030. The summed E-state index contributed by atoms with van der Waals surface area (Å²) >= 11 is 0. The standard InChI is InChI=1S/C36H64O5Si2/c1-12-39-34(37)25-35(4,38)21-13-15-26(2)31-19-20-32-28(16-14-22-36(31,32)5)17-18-29-23-30(40-42(6,7)8)24-33(27(29)3)41-43(9,10)11/h17-18,26,30-33,38H,3,12-16,19-25H2,1-2,4-11H3/b28-17?,29-18-/t26-,30-,31-,32?,33-,35+,36-/m1/s1. The van der Waals surface area contributed by atoms with Gasteiger partial charge in [-0.05, 0) is 132 Å². The summed E-state index contributed by atoms with van der Waals surface area (Å²) in [4.78, 5) is 11.9. The second kappa shape index (κ2) is 14.6. The van der Waals surface area contributed by atoms with E-state index >= 15 is 0 Å². The summed E-state index contributed by atoms with van der Waals surface area (Å²) in [7, 11) is -3.39. The first kappa shape index (κ1) is 36.5. The number of rotatable bonds is 13. The maximum absolute atomic E-state index is 11.9. The van der Waals surface area contributed by atoms with Crippen molar-refractivity contribution in [1.29, 1.82) is 0 Å². The zero-order chi connectivity index (χ0) is 32.2. The molecule has 0 aliphatic heterocycles. The summed E-state index contributed by atoms with van der Waals surface area (Å²) in [6.07, 6.45) is 16.0. The van der Waals surface area contributed by atoms with Crippen LogP contribution in [0.1, 0.15) is 98.3 Å². The molecule has 43 heavy (non-hydrogen) atoms. The zero-order valence-electron chi connectivity index (χ0n) is 29.3. The van der Waals surface area contributed by atoms with Crippen LogP contribution in [-0.2, 0) is 18.4 Å². The van der Waals surface area contributed by atoms with Crippen LogP contribution in [0.15, 0.2) is 35.5 Å². The molecule has 5 nitrogen and oxygen atoms in total. The molecule has 0 amide bonds. The average molecular weight is 633 g/mol. The molecule has 3 fully saturated rings. The molecule has 3 saturated carbocycles. The quantitative estimate of drug-likeness (QED) is 0.162. The maximum Gasteiger partial charge on any atom is 0.308 e. The second-order valence-electron chi connectivity index (χ2n) is 16.4. The van der Waals surface area contributed by atoms with Gasteiger partial charge < -0.3 is 18.7 Å². The number of esters is 1. The van der Waals surface area contributed by atoms with Gasteiger partial charge in [-0.15, -0.1) is 0 Å². The van der Waals surface area contributed by atoms with Crippen LogP contribution in [0.2, 0.25) is 39.3 Å². The molecule has 7 atom stereocenters. The molecule has 1 unspecified atom stereocenters. The molecule has 3 aliphatic carbocycles. The van der Waals surface area contributed by atoms with Crippen molar-refractivity contribution < 1.29 is 23.5 Å². The molecule has 7 heteroatoms. The van der Waals surface area contributed by atoms with Crippen molar-refractivity contribution in [2.24, 2.45) is 23.2 Å². The summed E-state index contributed by atoms with van der Waals surface area (Å²) in [6, 6.07) is 0. The first-order chi connectivity index (χ1) is 19.8. The van der Waals surface area contributed by atoms with Crippen molar-refractivity contribution in [3.63, 3.8) is 0 Å². The van der Waals surface area contributed by atoms with Crippen LogP contribution in [0.3, 0.4) is 0 Å². The summed E-state index contributed by atoms with van der Waals surface area (Å²) in [6.45, 7) is 27.1. The first-order valence-electron chi connectivity index (χ1n) is 17.2. The van der Waals surface area contributed by atoms with E-state index in [1.54, 1.807) is 19.4 Å². The van der Waals surface area contributed by atoms with Crippen LogP contribution in [0.5, 0.6) is 0 Å². The van der Waals surface area contributed by atoms with Gasteiger partial charge in [0.15, 0.2) is 16.6 Å². The Morgan fingerprint density at radius 3 is 2.44 bits per heavy atom. The first-order valence-corrected chi connectivity index (χ1v) is 24.0. The number of allylic oxidation sites excluding steroid dienone is 3. The highest BCUT2D eigenvalue weighted by Gasteiger charge is 2.50. The molecule has 0 saturated heterocycles. The van der Waals surface area contributed by atoms with Gasteiger partial charge in [-0.1, -0.05) is 51.0 Å². The number of hydrogen-bond donors (Lipinski definition) is 1. The van der Waals surface area contributed by atoms with Crippen molar-refractivity contribution in [3.8, 4) is 0 Å². The zero-order valence-corrected chi connectivity index (χ0v) is 31.3. The molecule has 0 spiro atoms. The predicted molar refractivity (Wildman–Crippen MR) is 184 cm³/mol. The minimum Gasteiger partial charge on any atom is -0.466 e. The number of ether oxygens (including phenoxy) is 1. The van der Waals surface area contributed by atoms with Crippen LogP contribution < -0.4 is 0 Å². The average Bonchev–Trinajstić information content (AvgIpc) is 3.20. The highest BCUT2D eigenvalue weighted by atomic mass is 28.4. The van der Waals surface area contributed by atoms with E-state index in [0.717, 1.165) is 31.3 Å². The van der Waals surface area contributed by atoms with Crippen LogP contribution in [0.4, 0.5) is 0 Å². The van der Waals surface area contributed by atoms with Crippen LogP contribution >= 0.6 is 0 Å². The fraction of sp³-hybridized carbons (Fsp3) is 0.806. The van der Waals surface area contributed by atoms with Gasteiger partial charge in [0.25, 0.3) is 0 Å². The lowest BCUT2D eigenvalue weighted by molar-refractivity contribution is -0.148. The molecule has 0 aromatic carbocycles. The van der Waals surface area contributed by atoms with E-state index in [1.807, 2.05) is 0 Å². The third-order valence-electron chi connectivity index (χ3n) is 10.2. The third kappa shape index (κ3) is 10.5. The lowest BCUT2D eigenvalue weighted by Gasteiger charge is -2.44. The van der Waals surface area contributed by atoms with Crippen LogP contribution in [0.25, 0.3) is 0 Å². The van der Waals surface area contributed by atoms with Gasteiger partial charge >= 0.3 is 5.97 Å². The lowest BCUT2D eigenvalue weighted by atomic mass is 9.60. The fourth-order valence-electron chi connectivity index (χ4n) is 8.40. The van der Waals surface area contributed by atoms with Gasteiger partial charge in [-0.25, -0.2) is 0 Å². The van der Waals surface area contributed by atoms with Gasteiger partial charge in [0.2, 0.25) is 0 Å². The smallest absolute Gasteiger partial charge is 0.308 e. The molecule has 3 aliphatic rings. The Labute approximate surface area is 266 Å². The highest BCUT2D eigenvalue weighted by molar-refractivity contribution is 6.70. The van der Waals surface area contributed by atoms with Gasteiger partial charge in [-0.2, -0.15) is 0 Å². The molecular weight excluding hydrogens is 569 g/mol. The fourth-order valence-corrected chi connectivity index (χ4v) is 10.7. The molecule has 246 valence electrons. The molecule has 0 heterocycles. The van der Waals surface area contributed by atoms with E-state index < -0.39 is 22.2 Å². The monoisotopic (exact) mass is 632 g/mol. The largest absolute Gasteiger partial charge is 0.466 e. The van der Waals surface area contributed by atoms with Gasteiger partial charge in [0.05, 0.1) is 30.8 Å². The molecule has 1 N–H and O–H groups in total. The summed E-state index contributed by atoms with van der Waals surface area (Å²) in [5.74, 6) is 1.62. The van der Waals surface area contributed by atoms with E-state index in [-0.39, 0.29) is 24.6 Å². The Hall–Kier alpha value is -0.996. The van der Waals surface area contributed by atoms with Gasteiger partial charge in [0, 0.05) is 6.42 Å². The molecular formula is C36H64O5Si2. The second-order valence-corrected chi connectivity index (χ2v) is 25.3. The number of aliphatic hydroxyl groups is 1. The van der Waals surface area contributed by atoms with Crippen LogP contribution in [0, 0.1) is 23.2 Å².